The second-order valence-corrected chi connectivity index (χ2v) is 11.0. The van der Waals surface area contributed by atoms with Gasteiger partial charge in [-0.2, -0.15) is 5.26 Å². The summed E-state index contributed by atoms with van der Waals surface area (Å²) in [5.74, 6) is 1.56. The fraction of sp³-hybridized carbons (Fsp3) is 0.607. The third-order valence-electron chi connectivity index (χ3n) is 7.95. The van der Waals surface area contributed by atoms with Gasteiger partial charge in [0, 0.05) is 62.9 Å². The highest BCUT2D eigenvalue weighted by atomic mass is 35.5. The van der Waals surface area contributed by atoms with Crippen molar-refractivity contribution in [3.05, 3.63) is 35.5 Å². The van der Waals surface area contributed by atoms with Crippen molar-refractivity contribution in [1.29, 1.82) is 5.26 Å². The molecular weight excluding hydrogens is 488 g/mol. The third-order valence-corrected chi connectivity index (χ3v) is 8.25. The zero-order chi connectivity index (χ0) is 25.5. The molecule has 1 saturated carbocycles. The summed E-state index contributed by atoms with van der Waals surface area (Å²) < 4.78 is 10.9. The van der Waals surface area contributed by atoms with Gasteiger partial charge in [-0.05, 0) is 69.6 Å². The number of halogens is 1. The van der Waals surface area contributed by atoms with Gasteiger partial charge in [0.15, 0.2) is 0 Å². The van der Waals surface area contributed by atoms with E-state index in [-0.39, 0.29) is 0 Å². The molecule has 3 N–H and O–H groups in total. The molecule has 4 heterocycles. The van der Waals surface area contributed by atoms with Gasteiger partial charge in [0.25, 0.3) is 0 Å². The van der Waals surface area contributed by atoms with Crippen LogP contribution in [-0.4, -0.2) is 61.1 Å². The zero-order valence-corrected chi connectivity index (χ0v) is 22.1. The molecule has 2 aromatic rings. The SMILES string of the molecule is N#CC1(CNc2cccc(-c3cc(NC4CCC(NC5CCOCC5)CC4)ncc3Cl)n2)CCOCC1. The Kier molecular flexibility index (Phi) is 8.78. The molecule has 8 nitrogen and oxygen atoms in total. The Hall–Kier alpha value is -2.44. The molecule has 0 amide bonds. The van der Waals surface area contributed by atoms with Gasteiger partial charge in [-0.3, -0.25) is 0 Å². The van der Waals surface area contributed by atoms with Crippen molar-refractivity contribution in [3.63, 3.8) is 0 Å². The molecular formula is C28H37ClN6O2. The normalized spacial score (nSPS) is 24.2. The summed E-state index contributed by atoms with van der Waals surface area (Å²) >= 11 is 6.56. The molecule has 5 rings (SSSR count). The minimum absolute atomic E-state index is 0.400. The number of hydrogen-bond donors (Lipinski definition) is 3. The van der Waals surface area contributed by atoms with Gasteiger partial charge < -0.3 is 25.4 Å². The van der Waals surface area contributed by atoms with E-state index in [9.17, 15) is 5.26 Å². The standard InChI is InChI=1S/C28H37ClN6O2/c29-24-17-31-27(34-21-6-4-20(5-7-21)33-22-8-12-36-13-9-22)16-23(24)25-2-1-3-26(35-25)32-19-28(18-30)10-14-37-15-11-28/h1-3,16-17,20-22,33H,4-15,19H2,(H,31,34)(H,32,35). The molecule has 2 aliphatic heterocycles. The van der Waals surface area contributed by atoms with Crippen LogP contribution < -0.4 is 16.0 Å². The quantitative estimate of drug-likeness (QED) is 0.442. The summed E-state index contributed by atoms with van der Waals surface area (Å²) in [7, 11) is 0. The lowest BCUT2D eigenvalue weighted by Gasteiger charge is -2.34. The lowest BCUT2D eigenvalue weighted by molar-refractivity contribution is 0.0455. The summed E-state index contributed by atoms with van der Waals surface area (Å²) in [6.45, 7) is 3.55. The van der Waals surface area contributed by atoms with Crippen molar-refractivity contribution in [2.45, 2.75) is 69.5 Å². The number of aromatic nitrogens is 2. The van der Waals surface area contributed by atoms with Gasteiger partial charge in [-0.1, -0.05) is 17.7 Å². The minimum Gasteiger partial charge on any atom is -0.381 e. The lowest BCUT2D eigenvalue weighted by atomic mass is 9.82. The summed E-state index contributed by atoms with van der Waals surface area (Å²) in [5.41, 5.74) is 1.21. The molecule has 0 spiro atoms. The Morgan fingerprint density at radius 1 is 0.946 bits per heavy atom. The Balaban J connectivity index is 1.18. The summed E-state index contributed by atoms with van der Waals surface area (Å²) in [6.07, 6.45) is 9.97. The number of rotatable bonds is 8. The molecule has 9 heteroatoms. The van der Waals surface area contributed by atoms with Crippen LogP contribution in [0, 0.1) is 16.7 Å². The predicted molar refractivity (Wildman–Crippen MR) is 146 cm³/mol. The number of anilines is 2. The van der Waals surface area contributed by atoms with Gasteiger partial charge >= 0.3 is 0 Å². The maximum atomic E-state index is 9.74. The Morgan fingerprint density at radius 2 is 1.65 bits per heavy atom. The van der Waals surface area contributed by atoms with Crippen LogP contribution >= 0.6 is 11.6 Å². The molecule has 0 bridgehead atoms. The van der Waals surface area contributed by atoms with E-state index >= 15 is 0 Å². The molecule has 0 radical (unpaired) electrons. The van der Waals surface area contributed by atoms with Gasteiger partial charge in [0.2, 0.25) is 0 Å². The zero-order valence-electron chi connectivity index (χ0n) is 21.3. The van der Waals surface area contributed by atoms with Crippen LogP contribution in [0.25, 0.3) is 11.3 Å². The molecule has 1 aliphatic carbocycles. The Bertz CT molecular complexity index is 1070. The highest BCUT2D eigenvalue weighted by molar-refractivity contribution is 6.33. The molecule has 37 heavy (non-hydrogen) atoms. The first kappa shape index (κ1) is 26.2. The maximum absolute atomic E-state index is 9.74. The van der Waals surface area contributed by atoms with Crippen molar-refractivity contribution in [2.24, 2.45) is 5.41 Å². The van der Waals surface area contributed by atoms with Crippen molar-refractivity contribution in [3.8, 4) is 17.3 Å². The Morgan fingerprint density at radius 3 is 2.41 bits per heavy atom. The molecule has 0 aromatic carbocycles. The topological polar surface area (TPSA) is 104 Å². The first-order valence-electron chi connectivity index (χ1n) is 13.6. The fourth-order valence-corrected chi connectivity index (χ4v) is 5.76. The van der Waals surface area contributed by atoms with Crippen molar-refractivity contribution in [1.82, 2.24) is 15.3 Å². The van der Waals surface area contributed by atoms with E-state index in [0.717, 1.165) is 74.6 Å². The molecule has 0 atom stereocenters. The molecule has 2 aromatic heterocycles. The van der Waals surface area contributed by atoms with Crippen LogP contribution in [0.15, 0.2) is 30.5 Å². The van der Waals surface area contributed by atoms with Crippen LogP contribution in [0.1, 0.15) is 51.4 Å². The second kappa shape index (κ2) is 12.4. The predicted octanol–water partition coefficient (Wildman–Crippen LogP) is 5.02. The average Bonchev–Trinajstić information content (AvgIpc) is 2.95. The fourth-order valence-electron chi connectivity index (χ4n) is 5.56. The second-order valence-electron chi connectivity index (χ2n) is 10.6. The van der Waals surface area contributed by atoms with E-state index in [1.165, 1.54) is 12.8 Å². The summed E-state index contributed by atoms with van der Waals surface area (Å²) in [4.78, 5) is 9.35. The van der Waals surface area contributed by atoms with E-state index in [4.69, 9.17) is 26.1 Å². The molecule has 3 fully saturated rings. The molecule has 3 aliphatic rings. The van der Waals surface area contributed by atoms with E-state index in [0.29, 0.717) is 42.9 Å². The highest BCUT2D eigenvalue weighted by Gasteiger charge is 2.32. The van der Waals surface area contributed by atoms with Gasteiger partial charge in [-0.15, -0.1) is 0 Å². The first-order chi connectivity index (χ1) is 18.1. The minimum atomic E-state index is -0.416. The number of pyridine rings is 2. The third kappa shape index (κ3) is 6.91. The van der Waals surface area contributed by atoms with E-state index in [2.05, 4.69) is 27.0 Å². The number of hydrogen-bond acceptors (Lipinski definition) is 8. The van der Waals surface area contributed by atoms with E-state index in [1.807, 2.05) is 24.3 Å². The van der Waals surface area contributed by atoms with Crippen molar-refractivity contribution < 1.29 is 9.47 Å². The lowest BCUT2D eigenvalue weighted by Crippen LogP contribution is -2.44. The van der Waals surface area contributed by atoms with Gasteiger partial charge in [0.1, 0.15) is 11.6 Å². The van der Waals surface area contributed by atoms with Crippen LogP contribution in [0.5, 0.6) is 0 Å². The van der Waals surface area contributed by atoms with E-state index < -0.39 is 5.41 Å². The smallest absolute Gasteiger partial charge is 0.126 e. The number of nitrogens with zero attached hydrogens (tertiary/aromatic N) is 3. The van der Waals surface area contributed by atoms with Crippen LogP contribution in [-0.2, 0) is 9.47 Å². The molecule has 2 saturated heterocycles. The van der Waals surface area contributed by atoms with Crippen LogP contribution in [0.2, 0.25) is 5.02 Å². The van der Waals surface area contributed by atoms with Gasteiger partial charge in [0.05, 0.1) is 22.2 Å². The van der Waals surface area contributed by atoms with E-state index in [1.54, 1.807) is 6.20 Å². The van der Waals surface area contributed by atoms with Crippen molar-refractivity contribution in [2.75, 3.05) is 43.6 Å². The Labute approximate surface area is 224 Å². The summed E-state index contributed by atoms with van der Waals surface area (Å²) in [5, 5.41) is 21.1. The van der Waals surface area contributed by atoms with Crippen LogP contribution in [0.3, 0.4) is 0 Å². The average molecular weight is 525 g/mol. The maximum Gasteiger partial charge on any atom is 0.126 e. The molecule has 0 unspecified atom stereocenters. The van der Waals surface area contributed by atoms with Gasteiger partial charge in [-0.25, -0.2) is 9.97 Å². The number of nitrogens with one attached hydrogen (secondary N) is 3. The first-order valence-corrected chi connectivity index (χ1v) is 14.0. The molecule has 198 valence electrons. The highest BCUT2D eigenvalue weighted by Crippen LogP contribution is 2.32. The number of nitriles is 1. The van der Waals surface area contributed by atoms with Crippen molar-refractivity contribution >= 4 is 23.2 Å². The van der Waals surface area contributed by atoms with Crippen LogP contribution in [0.4, 0.5) is 11.6 Å². The largest absolute Gasteiger partial charge is 0.381 e. The summed E-state index contributed by atoms with van der Waals surface area (Å²) in [6, 6.07) is 11.9. The monoisotopic (exact) mass is 524 g/mol. The number of ether oxygens (including phenoxy) is 2.